The molecule has 0 aliphatic carbocycles. The van der Waals surface area contributed by atoms with Crippen LogP contribution in [0.5, 0.6) is 0 Å². The van der Waals surface area contributed by atoms with E-state index in [0.717, 1.165) is 12.8 Å². The zero-order chi connectivity index (χ0) is 19.7. The monoisotopic (exact) mass is 392 g/mol. The van der Waals surface area contributed by atoms with E-state index in [9.17, 15) is 14.4 Å². The van der Waals surface area contributed by atoms with Crippen LogP contribution in [0.25, 0.3) is 0 Å². The van der Waals surface area contributed by atoms with Crippen LogP contribution in [0.15, 0.2) is 9.95 Å². The molecular weight excluding hydrogens is 368 g/mol. The minimum Gasteiger partial charge on any atom is -0.376 e. The van der Waals surface area contributed by atoms with Crippen LogP contribution < -0.4 is 5.69 Å². The number of nitrogens with zero attached hydrogens (tertiary/aromatic N) is 2. The topological polar surface area (TPSA) is 110 Å². The molecule has 2 N–H and O–H groups in total. The van der Waals surface area contributed by atoms with E-state index in [1.54, 1.807) is 20.8 Å². The molecule has 9 heteroatoms. The molecule has 8 nitrogen and oxygen atoms in total. The zero-order valence-corrected chi connectivity index (χ0v) is 16.7. The van der Waals surface area contributed by atoms with E-state index in [-0.39, 0.29) is 23.4 Å². The highest BCUT2D eigenvalue weighted by Gasteiger charge is 2.27. The average Bonchev–Trinajstić information content (AvgIpc) is 3.30. The lowest BCUT2D eigenvalue weighted by atomic mass is 10.0. The summed E-state index contributed by atoms with van der Waals surface area (Å²) in [5.74, 6) is -0.203. The summed E-state index contributed by atoms with van der Waals surface area (Å²) in [5, 5.41) is 6.51. The number of H-pyrrole nitrogens is 2. The van der Waals surface area contributed by atoms with Crippen molar-refractivity contribution in [2.75, 3.05) is 6.61 Å². The highest BCUT2D eigenvalue weighted by atomic mass is 32.2. The maximum Gasteiger partial charge on any atom is 0.344 e. The first kappa shape index (κ1) is 19.6. The van der Waals surface area contributed by atoms with Crippen LogP contribution in [0.1, 0.15) is 58.8 Å². The predicted molar refractivity (Wildman–Crippen MR) is 102 cm³/mol. The molecule has 1 aliphatic heterocycles. The number of rotatable bonds is 7. The Balaban J connectivity index is 1.79. The summed E-state index contributed by atoms with van der Waals surface area (Å²) in [7, 11) is 0. The van der Waals surface area contributed by atoms with Gasteiger partial charge in [-0.3, -0.25) is 14.2 Å². The second-order valence-corrected chi connectivity index (χ2v) is 8.17. The first-order valence-corrected chi connectivity index (χ1v) is 9.85. The van der Waals surface area contributed by atoms with Gasteiger partial charge in [-0.15, -0.1) is 5.10 Å². The van der Waals surface area contributed by atoms with E-state index in [4.69, 9.17) is 4.74 Å². The summed E-state index contributed by atoms with van der Waals surface area (Å²) in [6.45, 7) is 7.94. The van der Waals surface area contributed by atoms with Gasteiger partial charge in [0, 0.05) is 17.9 Å². The largest absolute Gasteiger partial charge is 0.376 e. The van der Waals surface area contributed by atoms with Crippen LogP contribution in [0.3, 0.4) is 0 Å². The second-order valence-electron chi connectivity index (χ2n) is 6.86. The van der Waals surface area contributed by atoms with Crippen molar-refractivity contribution in [3.8, 4) is 0 Å². The van der Waals surface area contributed by atoms with Gasteiger partial charge in [0.25, 0.3) is 0 Å². The number of carbonyl (C=O) groups is 2. The van der Waals surface area contributed by atoms with Crippen molar-refractivity contribution >= 4 is 23.3 Å². The van der Waals surface area contributed by atoms with Crippen LogP contribution >= 0.6 is 11.8 Å². The number of ether oxygens (including phenoxy) is 1. The molecule has 0 amide bonds. The molecule has 1 fully saturated rings. The number of aryl methyl sites for hydroxylation is 1. The van der Waals surface area contributed by atoms with Crippen LogP contribution in [-0.2, 0) is 11.3 Å². The summed E-state index contributed by atoms with van der Waals surface area (Å²) in [4.78, 5) is 39.8. The highest BCUT2D eigenvalue weighted by molar-refractivity contribution is 8.00. The summed E-state index contributed by atoms with van der Waals surface area (Å²) >= 11 is 1.22. The highest BCUT2D eigenvalue weighted by Crippen LogP contribution is 2.27. The smallest absolute Gasteiger partial charge is 0.344 e. The second kappa shape index (κ2) is 7.85. The van der Waals surface area contributed by atoms with Crippen LogP contribution in [0.2, 0.25) is 0 Å². The van der Waals surface area contributed by atoms with E-state index in [2.05, 4.69) is 15.2 Å². The Labute approximate surface area is 161 Å². The van der Waals surface area contributed by atoms with E-state index in [0.29, 0.717) is 40.8 Å². The molecule has 2 aromatic rings. The van der Waals surface area contributed by atoms with Gasteiger partial charge in [0.15, 0.2) is 16.7 Å². The molecule has 0 aromatic carbocycles. The van der Waals surface area contributed by atoms with Crippen molar-refractivity contribution in [1.82, 2.24) is 19.7 Å². The maximum atomic E-state index is 12.9. The molecule has 0 unspecified atom stereocenters. The minimum atomic E-state index is -0.472. The molecule has 1 saturated heterocycles. The molecular formula is C18H24N4O4S. The molecule has 2 atom stereocenters. The van der Waals surface area contributed by atoms with E-state index < -0.39 is 5.25 Å². The summed E-state index contributed by atoms with van der Waals surface area (Å²) in [6, 6.07) is 0. The molecule has 0 spiro atoms. The Morgan fingerprint density at radius 1 is 1.41 bits per heavy atom. The number of carbonyl (C=O) groups excluding carboxylic acids is 2. The van der Waals surface area contributed by atoms with E-state index >= 15 is 0 Å². The third kappa shape index (κ3) is 3.93. The maximum absolute atomic E-state index is 12.9. The van der Waals surface area contributed by atoms with Crippen molar-refractivity contribution in [2.45, 2.75) is 63.6 Å². The molecule has 3 rings (SSSR count). The Kier molecular flexibility index (Phi) is 5.71. The number of ketones is 2. The van der Waals surface area contributed by atoms with Gasteiger partial charge in [-0.05, 0) is 46.1 Å². The number of nitrogens with one attached hydrogen (secondary N) is 2. The van der Waals surface area contributed by atoms with E-state index in [1.807, 2.05) is 0 Å². The molecule has 0 saturated carbocycles. The van der Waals surface area contributed by atoms with Gasteiger partial charge < -0.3 is 9.72 Å². The summed E-state index contributed by atoms with van der Waals surface area (Å²) in [5.41, 5.74) is 2.04. The standard InChI is InChI=1S/C18H24N4O4S/c1-9-14(11(3)23)10(2)19-15(9)16(24)12(4)27-18-21-20-17(25)22(18)8-13-6-5-7-26-13/h12-13,19H,5-8H2,1-4H3,(H,20,25)/t12-,13+/m1/s1. The molecule has 0 bridgehead atoms. The Bertz CT molecular complexity index is 920. The van der Waals surface area contributed by atoms with E-state index in [1.165, 1.54) is 23.3 Å². The molecule has 1 aliphatic rings. The number of aromatic amines is 2. The average molecular weight is 392 g/mol. The Hall–Kier alpha value is -2.13. The molecule has 0 radical (unpaired) electrons. The lowest BCUT2D eigenvalue weighted by Crippen LogP contribution is -2.25. The predicted octanol–water partition coefficient (Wildman–Crippen LogP) is 2.26. The van der Waals surface area contributed by atoms with Crippen molar-refractivity contribution in [2.24, 2.45) is 0 Å². The van der Waals surface area contributed by atoms with Crippen molar-refractivity contribution in [3.05, 3.63) is 33.0 Å². The van der Waals surface area contributed by atoms with Gasteiger partial charge in [-0.25, -0.2) is 9.89 Å². The zero-order valence-electron chi connectivity index (χ0n) is 15.9. The van der Waals surface area contributed by atoms with Gasteiger partial charge in [0.2, 0.25) is 0 Å². The van der Waals surface area contributed by atoms with Crippen molar-refractivity contribution in [1.29, 1.82) is 0 Å². The quantitative estimate of drug-likeness (QED) is 0.552. The van der Waals surface area contributed by atoms with Crippen molar-refractivity contribution < 1.29 is 14.3 Å². The third-order valence-electron chi connectivity index (χ3n) is 4.82. The van der Waals surface area contributed by atoms with Gasteiger partial charge in [0.05, 0.1) is 23.6 Å². The number of Topliss-reactive ketones (excluding diaryl/α,β-unsaturated/α-hetero) is 2. The van der Waals surface area contributed by atoms with Gasteiger partial charge >= 0.3 is 5.69 Å². The number of hydrogen-bond acceptors (Lipinski definition) is 6. The lowest BCUT2D eigenvalue weighted by molar-refractivity contribution is 0.0941. The van der Waals surface area contributed by atoms with Crippen LogP contribution in [-0.4, -0.2) is 49.3 Å². The first-order valence-electron chi connectivity index (χ1n) is 8.97. The first-order chi connectivity index (χ1) is 12.8. The fraction of sp³-hybridized carbons (Fsp3) is 0.556. The number of aromatic nitrogens is 4. The summed E-state index contributed by atoms with van der Waals surface area (Å²) < 4.78 is 7.12. The fourth-order valence-corrected chi connectivity index (χ4v) is 4.41. The lowest BCUT2D eigenvalue weighted by Gasteiger charge is -2.13. The SMILES string of the molecule is CC(=O)c1c(C)[nH]c(C(=O)[C@@H](C)Sc2n[nH]c(=O)n2C[C@@H]2CCCO2)c1C. The van der Waals surface area contributed by atoms with Gasteiger partial charge in [0.1, 0.15) is 0 Å². The number of hydrogen-bond donors (Lipinski definition) is 2. The molecule has 2 aromatic heterocycles. The van der Waals surface area contributed by atoms with Gasteiger partial charge in [-0.1, -0.05) is 11.8 Å². The normalized spacial score (nSPS) is 18.0. The Morgan fingerprint density at radius 2 is 2.15 bits per heavy atom. The van der Waals surface area contributed by atoms with Gasteiger partial charge in [-0.2, -0.15) is 0 Å². The van der Waals surface area contributed by atoms with Crippen molar-refractivity contribution in [3.63, 3.8) is 0 Å². The Morgan fingerprint density at radius 3 is 2.74 bits per heavy atom. The fourth-order valence-electron chi connectivity index (χ4n) is 3.49. The molecule has 3 heterocycles. The van der Waals surface area contributed by atoms with Crippen LogP contribution in [0, 0.1) is 13.8 Å². The third-order valence-corrected chi connectivity index (χ3v) is 5.91. The molecule has 27 heavy (non-hydrogen) atoms. The summed E-state index contributed by atoms with van der Waals surface area (Å²) in [6.07, 6.45) is 1.89. The number of thioether (sulfide) groups is 1. The molecule has 146 valence electrons. The minimum absolute atomic E-state index is 0.00270. The van der Waals surface area contributed by atoms with Crippen LogP contribution in [0.4, 0.5) is 0 Å².